The first-order chi connectivity index (χ1) is 0. The minimum atomic E-state index is 0. The maximum atomic E-state index is 0. The Hall–Kier alpha value is -0.640. The summed E-state index contributed by atoms with van der Waals surface area (Å²) in [5.74, 6) is 0. The third-order valence-corrected chi connectivity index (χ3v) is 0. The van der Waals surface area contributed by atoms with Crippen molar-refractivity contribution in [3.05, 3.63) is 0 Å². The summed E-state index contributed by atoms with van der Waals surface area (Å²) in [7, 11) is 0. The zero-order valence-electron chi connectivity index (χ0n) is 11.3. The van der Waals surface area contributed by atoms with Gasteiger partial charge in [-0.05, 0) is 0 Å². The van der Waals surface area contributed by atoms with E-state index in [0.29, 0.717) is 0 Å². The summed E-state index contributed by atoms with van der Waals surface area (Å²) < 4.78 is 0. The lowest BCUT2D eigenvalue weighted by Gasteiger charge is -0.345. The van der Waals surface area contributed by atoms with Gasteiger partial charge in [-0.25, -0.2) is 0 Å². The predicted octanol–water partition coefficient (Wildman–Crippen LogP) is 2.59. The topological polar surface area (TPSA) is 560 Å². The van der Waals surface area contributed by atoms with Gasteiger partial charge in [0.2, 0.25) is 0 Å². The number of hydrogen-bond acceptors (Lipinski definition) is 16. The fourth-order valence-corrected chi connectivity index (χ4v) is 0. The molecular weight excluding hydrogens is 224 g/mol. The molecule has 0 aliphatic rings. The van der Waals surface area contributed by atoms with E-state index in [4.69, 9.17) is 0 Å². The molecule has 16 heteroatoms. The molecule has 0 saturated heterocycles. The van der Waals surface area contributed by atoms with Gasteiger partial charge in [0, 0.05) is 0 Å². The Morgan fingerprint density at radius 2 is 0.0625 bits per heavy atom. The highest BCUT2D eigenvalue weighted by Crippen LogP contribution is -0.466. The molecule has 0 atom stereocenters. The van der Waals surface area contributed by atoms with Crippen molar-refractivity contribution in [3.63, 3.8) is 0 Å². The maximum absolute atomic E-state index is 0. The van der Waals surface area contributed by atoms with Crippen LogP contribution in [0.1, 0.15) is 0 Å². The van der Waals surface area contributed by atoms with Gasteiger partial charge in [0.25, 0.3) is 0 Å². The van der Waals surface area contributed by atoms with Crippen LogP contribution in [-0.2, 0) is 0 Å². The van der Waals surface area contributed by atoms with Gasteiger partial charge in [0.15, 0.2) is 0 Å². The van der Waals surface area contributed by atoms with Crippen LogP contribution in [0.4, 0.5) is 0 Å². The Kier molecular flexibility index (Phi) is 3020000. The average Bonchev–Trinajstić information content (AvgIpc) is 0. The van der Waals surface area contributed by atoms with Gasteiger partial charge in [-0.15, -0.1) is 0 Å². The lowest BCUT2D eigenvalue weighted by Crippen LogP contribution is -0.482. The van der Waals surface area contributed by atoms with E-state index >= 15 is 0 Å². The Balaban J connectivity index is 0. The fraction of sp³-hybridized carbons (Fsp3) is 0. The molecule has 128 valence electrons. The summed E-state index contributed by atoms with van der Waals surface area (Å²) in [5.41, 5.74) is 0. The van der Waals surface area contributed by atoms with Crippen molar-refractivity contribution < 1.29 is 0 Å². The molecule has 0 aliphatic carbocycles. The van der Waals surface area contributed by atoms with E-state index in [9.17, 15) is 0 Å². The quantitative estimate of drug-likeness (QED) is 0.300. The second-order valence-corrected chi connectivity index (χ2v) is 0. The fourth-order valence-electron chi connectivity index (χ4n) is 0. The molecule has 48 N–H and O–H groups in total. The second kappa shape index (κ2) is 6260. The van der Waals surface area contributed by atoms with E-state index in [1.165, 1.54) is 0 Å². The van der Waals surface area contributed by atoms with Gasteiger partial charge in [-0.2, -0.15) is 0 Å². The Morgan fingerprint density at radius 3 is 0.0625 bits per heavy atom. The van der Waals surface area contributed by atoms with Crippen molar-refractivity contribution in [1.29, 1.82) is 0 Å². The SMILES string of the molecule is N.N.N.N.N.N.N.N.N.N.N.N.N.N.N.N. The first-order valence-corrected chi connectivity index (χ1v) is 0. The monoisotopic (exact) mass is 272 g/mol. The van der Waals surface area contributed by atoms with Crippen LogP contribution in [0.2, 0.25) is 0 Å². The molecule has 0 heterocycles. The molecule has 0 rings (SSSR count). The van der Waals surface area contributed by atoms with Crippen LogP contribution in [-0.4, -0.2) is 0 Å². The van der Waals surface area contributed by atoms with E-state index in [-0.39, 0.29) is 98.4 Å². The zero-order chi connectivity index (χ0) is 0. The van der Waals surface area contributed by atoms with Crippen molar-refractivity contribution in [1.82, 2.24) is 98.4 Å². The van der Waals surface area contributed by atoms with Crippen LogP contribution in [0.5, 0.6) is 0 Å². The van der Waals surface area contributed by atoms with Crippen molar-refractivity contribution in [2.75, 3.05) is 0 Å². The summed E-state index contributed by atoms with van der Waals surface area (Å²) in [6, 6.07) is 0. The first-order valence-electron chi connectivity index (χ1n) is 0. The minimum absolute atomic E-state index is 0. The van der Waals surface area contributed by atoms with Crippen LogP contribution >= 0.6 is 0 Å². The van der Waals surface area contributed by atoms with Crippen LogP contribution in [0.15, 0.2) is 0 Å². The lowest BCUT2D eigenvalue weighted by molar-refractivity contribution is 2.13. The van der Waals surface area contributed by atoms with Crippen LogP contribution in [0.3, 0.4) is 0 Å². The van der Waals surface area contributed by atoms with Crippen molar-refractivity contribution >= 4 is 0 Å². The molecule has 0 aliphatic heterocycles. The van der Waals surface area contributed by atoms with Crippen LogP contribution in [0.25, 0.3) is 0 Å². The molecule has 16 nitrogen and oxygen atoms in total. The molecule has 0 saturated carbocycles. The molecule has 0 fully saturated rings. The summed E-state index contributed by atoms with van der Waals surface area (Å²) in [5, 5.41) is 0. The van der Waals surface area contributed by atoms with Crippen LogP contribution < -0.4 is 98.4 Å². The van der Waals surface area contributed by atoms with E-state index in [1.54, 1.807) is 0 Å². The van der Waals surface area contributed by atoms with E-state index in [1.807, 2.05) is 0 Å². The molecule has 0 spiro atoms. The van der Waals surface area contributed by atoms with E-state index in [2.05, 4.69) is 0 Å². The molecule has 0 amide bonds. The van der Waals surface area contributed by atoms with E-state index < -0.39 is 0 Å². The summed E-state index contributed by atoms with van der Waals surface area (Å²) in [6.45, 7) is 0. The zero-order valence-corrected chi connectivity index (χ0v) is 11.3. The third-order valence-electron chi connectivity index (χ3n) is 0. The van der Waals surface area contributed by atoms with Gasteiger partial charge in [-0.1, -0.05) is 0 Å². The molecule has 0 unspecified atom stereocenters. The number of rotatable bonds is 0. The third kappa shape index (κ3) is 4980. The van der Waals surface area contributed by atoms with Crippen molar-refractivity contribution in [2.45, 2.75) is 0 Å². The Bertz CT molecular complexity index is 0. The normalized spacial score (nSPS) is 0. The van der Waals surface area contributed by atoms with Gasteiger partial charge in [-0.3, -0.25) is 0 Å². The molecule has 16 heavy (non-hydrogen) atoms. The van der Waals surface area contributed by atoms with Crippen molar-refractivity contribution in [2.24, 2.45) is 0 Å². The maximum Gasteiger partial charge on any atom is -0.344 e. The highest BCUT2D eigenvalue weighted by molar-refractivity contribution is 2.15. The highest BCUT2D eigenvalue weighted by atomic mass is 14.0. The molecule has 0 bridgehead atoms. The molecule has 0 radical (unpaired) electrons. The Labute approximate surface area is 99.5 Å². The summed E-state index contributed by atoms with van der Waals surface area (Å²) in [4.78, 5) is 0. The van der Waals surface area contributed by atoms with Gasteiger partial charge < -0.3 is 98.4 Å². The second-order valence-electron chi connectivity index (χ2n) is 0. The molecule has 0 aromatic heterocycles. The Morgan fingerprint density at radius 1 is 0.0625 bits per heavy atom. The lowest BCUT2D eigenvalue weighted by atomic mass is 14.0. The van der Waals surface area contributed by atoms with Gasteiger partial charge >= 0.3 is 0 Å². The predicted molar refractivity (Wildman–Crippen MR) is 80.4 cm³/mol. The molecular formula is H48N16. The standard InChI is InChI=1S/16H3N/h16*1H3. The smallest absolute Gasteiger partial charge is 0.344 e. The highest BCUT2D eigenvalue weighted by Gasteiger charge is -0.329. The van der Waals surface area contributed by atoms with E-state index in [0.717, 1.165) is 0 Å². The number of hydrogen-bond donors (Lipinski definition) is 16. The van der Waals surface area contributed by atoms with Crippen LogP contribution in [0, 0.1) is 0 Å². The summed E-state index contributed by atoms with van der Waals surface area (Å²) >= 11 is 0. The van der Waals surface area contributed by atoms with Crippen molar-refractivity contribution in [3.8, 4) is 0 Å². The molecule has 0 aromatic carbocycles. The summed E-state index contributed by atoms with van der Waals surface area (Å²) in [6.07, 6.45) is 0. The van der Waals surface area contributed by atoms with Gasteiger partial charge in [0.1, 0.15) is 0 Å². The van der Waals surface area contributed by atoms with Gasteiger partial charge in [0.05, 0.1) is 0 Å². The largest absolute Gasteiger partial charge is 0.344 e. The first kappa shape index (κ1) is 7730. The minimum Gasteiger partial charge on any atom is -0.344 e. The molecule has 0 aromatic rings. The average molecular weight is 272 g/mol.